The van der Waals surface area contributed by atoms with Gasteiger partial charge in [0, 0.05) is 51.6 Å². The number of piperidine rings is 1. The molecule has 0 unspecified atom stereocenters. The van der Waals surface area contributed by atoms with Crippen LogP contribution in [0.15, 0.2) is 24.3 Å². The number of nitrogens with one attached hydrogen (secondary N) is 1. The van der Waals surface area contributed by atoms with Crippen LogP contribution >= 0.6 is 0 Å². The van der Waals surface area contributed by atoms with Crippen LogP contribution in [0.5, 0.6) is 0 Å². The average molecular weight is 447 g/mol. The molecule has 1 N–H and O–H groups in total. The van der Waals surface area contributed by atoms with Crippen LogP contribution in [-0.2, 0) is 29.5 Å². The lowest BCUT2D eigenvalue weighted by molar-refractivity contribution is 0.198. The molecule has 0 aliphatic carbocycles. The van der Waals surface area contributed by atoms with Crippen LogP contribution in [0.2, 0.25) is 0 Å². The standard InChI is InChI=1S/C21H30N6O3S/c1-16-3-5-17(6-4-16)15-22-21(28)25-10-9-19-23-24-20(27(19)14-13-25)18-7-11-26(12-8-18)31(2,29)30/h3-6,18H,7-15H2,1-2H3,(H,22,28). The largest absolute Gasteiger partial charge is 0.334 e. The smallest absolute Gasteiger partial charge is 0.317 e. The second kappa shape index (κ2) is 8.96. The molecule has 0 saturated carbocycles. The number of hydrogen-bond donors (Lipinski definition) is 1. The van der Waals surface area contributed by atoms with Gasteiger partial charge in [0.1, 0.15) is 11.6 Å². The summed E-state index contributed by atoms with van der Waals surface area (Å²) in [7, 11) is -3.15. The molecule has 1 aromatic heterocycles. The second-order valence-corrected chi connectivity index (χ2v) is 10.4. The van der Waals surface area contributed by atoms with Crippen LogP contribution in [0.3, 0.4) is 0 Å². The molecule has 1 saturated heterocycles. The summed E-state index contributed by atoms with van der Waals surface area (Å²) in [5, 5.41) is 11.8. The average Bonchev–Trinajstić information content (AvgIpc) is 3.03. The molecule has 3 heterocycles. The van der Waals surface area contributed by atoms with Crippen molar-refractivity contribution in [1.29, 1.82) is 0 Å². The van der Waals surface area contributed by atoms with Gasteiger partial charge < -0.3 is 14.8 Å². The van der Waals surface area contributed by atoms with Crippen molar-refractivity contribution in [2.45, 2.75) is 45.2 Å². The molecule has 9 nitrogen and oxygen atoms in total. The highest BCUT2D eigenvalue weighted by molar-refractivity contribution is 7.88. The zero-order chi connectivity index (χ0) is 22.0. The fourth-order valence-corrected chi connectivity index (χ4v) is 5.17. The Bertz CT molecular complexity index is 1030. The molecular weight excluding hydrogens is 416 g/mol. The molecule has 2 aliphatic heterocycles. The molecule has 1 fully saturated rings. The van der Waals surface area contributed by atoms with Crippen molar-refractivity contribution in [3.05, 3.63) is 47.0 Å². The number of aromatic nitrogens is 3. The van der Waals surface area contributed by atoms with Crippen molar-refractivity contribution >= 4 is 16.1 Å². The van der Waals surface area contributed by atoms with Crippen LogP contribution in [0, 0.1) is 6.92 Å². The molecule has 10 heteroatoms. The van der Waals surface area contributed by atoms with E-state index in [1.165, 1.54) is 16.1 Å². The van der Waals surface area contributed by atoms with Gasteiger partial charge in [-0.25, -0.2) is 17.5 Å². The highest BCUT2D eigenvalue weighted by Gasteiger charge is 2.30. The van der Waals surface area contributed by atoms with Gasteiger partial charge in [-0.3, -0.25) is 0 Å². The Hall–Kier alpha value is -2.46. The first-order valence-electron chi connectivity index (χ1n) is 10.8. The highest BCUT2D eigenvalue weighted by Crippen LogP contribution is 2.29. The van der Waals surface area contributed by atoms with Crippen LogP contribution in [0.1, 0.15) is 41.5 Å². The summed E-state index contributed by atoms with van der Waals surface area (Å²) >= 11 is 0. The fourth-order valence-electron chi connectivity index (χ4n) is 4.29. The van der Waals surface area contributed by atoms with E-state index < -0.39 is 10.0 Å². The first-order valence-corrected chi connectivity index (χ1v) is 12.6. The van der Waals surface area contributed by atoms with E-state index in [1.54, 1.807) is 0 Å². The van der Waals surface area contributed by atoms with E-state index in [9.17, 15) is 13.2 Å². The number of benzene rings is 1. The zero-order valence-electron chi connectivity index (χ0n) is 18.1. The van der Waals surface area contributed by atoms with Crippen molar-refractivity contribution in [2.24, 2.45) is 0 Å². The third-order valence-corrected chi connectivity index (χ3v) is 7.50. The summed E-state index contributed by atoms with van der Waals surface area (Å²) in [6, 6.07) is 8.08. The summed E-state index contributed by atoms with van der Waals surface area (Å²) in [5.41, 5.74) is 2.28. The van der Waals surface area contributed by atoms with E-state index in [0.717, 1.165) is 30.1 Å². The van der Waals surface area contributed by atoms with Gasteiger partial charge in [-0.1, -0.05) is 29.8 Å². The SMILES string of the molecule is Cc1ccc(CNC(=O)N2CCc3nnc(C4CCN(S(C)(=O)=O)CC4)n3CC2)cc1. The maximum atomic E-state index is 12.7. The number of urea groups is 1. The number of amides is 2. The van der Waals surface area contributed by atoms with E-state index in [4.69, 9.17) is 0 Å². The summed E-state index contributed by atoms with van der Waals surface area (Å²) in [6.45, 7) is 5.43. The van der Waals surface area contributed by atoms with Crippen molar-refractivity contribution in [3.8, 4) is 0 Å². The van der Waals surface area contributed by atoms with E-state index in [2.05, 4.69) is 20.1 Å². The van der Waals surface area contributed by atoms with Crippen LogP contribution in [0.4, 0.5) is 4.79 Å². The van der Waals surface area contributed by atoms with E-state index >= 15 is 0 Å². The molecular formula is C21H30N6O3S. The molecule has 2 aromatic rings. The predicted molar refractivity (Wildman–Crippen MR) is 117 cm³/mol. The Kier molecular flexibility index (Phi) is 6.29. The Morgan fingerprint density at radius 3 is 2.45 bits per heavy atom. The highest BCUT2D eigenvalue weighted by atomic mass is 32.2. The minimum absolute atomic E-state index is 0.0673. The minimum Gasteiger partial charge on any atom is -0.334 e. The number of aryl methyl sites for hydroxylation is 1. The van der Waals surface area contributed by atoms with Crippen LogP contribution in [0.25, 0.3) is 0 Å². The van der Waals surface area contributed by atoms with Crippen molar-refractivity contribution < 1.29 is 13.2 Å². The molecule has 0 bridgehead atoms. The van der Waals surface area contributed by atoms with Gasteiger partial charge in [0.15, 0.2) is 0 Å². The Morgan fingerprint density at radius 2 is 1.77 bits per heavy atom. The molecule has 2 amide bonds. The number of carbonyl (C=O) groups is 1. The molecule has 2 aliphatic rings. The van der Waals surface area contributed by atoms with E-state index in [1.807, 2.05) is 36.1 Å². The lowest BCUT2D eigenvalue weighted by Gasteiger charge is -2.30. The maximum Gasteiger partial charge on any atom is 0.317 e. The lowest BCUT2D eigenvalue weighted by Crippen LogP contribution is -2.41. The molecule has 4 rings (SSSR count). The summed E-state index contributed by atoms with van der Waals surface area (Å²) in [5.74, 6) is 2.01. The quantitative estimate of drug-likeness (QED) is 0.767. The lowest BCUT2D eigenvalue weighted by atomic mass is 9.97. The van der Waals surface area contributed by atoms with Gasteiger partial charge in [-0.15, -0.1) is 10.2 Å². The third kappa shape index (κ3) is 5.07. The van der Waals surface area contributed by atoms with Gasteiger partial charge in [-0.2, -0.15) is 0 Å². The van der Waals surface area contributed by atoms with Gasteiger partial charge in [0.25, 0.3) is 0 Å². The fraction of sp³-hybridized carbons (Fsp3) is 0.571. The van der Waals surface area contributed by atoms with Crippen molar-refractivity contribution in [3.63, 3.8) is 0 Å². The van der Waals surface area contributed by atoms with Gasteiger partial charge >= 0.3 is 6.03 Å². The van der Waals surface area contributed by atoms with Gasteiger partial charge in [0.05, 0.1) is 6.26 Å². The number of rotatable bonds is 4. The number of hydrogen-bond acceptors (Lipinski definition) is 5. The summed E-state index contributed by atoms with van der Waals surface area (Å²) in [6.07, 6.45) is 3.40. The van der Waals surface area contributed by atoms with Gasteiger partial charge in [-0.05, 0) is 25.3 Å². The van der Waals surface area contributed by atoms with Crippen LogP contribution < -0.4 is 5.32 Å². The number of sulfonamides is 1. The Morgan fingerprint density at radius 1 is 1.06 bits per heavy atom. The molecule has 0 radical (unpaired) electrons. The third-order valence-electron chi connectivity index (χ3n) is 6.19. The molecule has 0 atom stereocenters. The number of fused-ring (bicyclic) bond motifs is 1. The maximum absolute atomic E-state index is 12.7. The van der Waals surface area contributed by atoms with Gasteiger partial charge in [0.2, 0.25) is 10.0 Å². The summed E-state index contributed by atoms with van der Waals surface area (Å²) in [4.78, 5) is 14.5. The zero-order valence-corrected chi connectivity index (χ0v) is 18.9. The summed E-state index contributed by atoms with van der Waals surface area (Å²) < 4.78 is 27.2. The van der Waals surface area contributed by atoms with Crippen LogP contribution in [-0.4, -0.2) is 70.9 Å². The topological polar surface area (TPSA) is 100 Å². The Balaban J connectivity index is 1.35. The number of carbonyl (C=O) groups excluding carboxylic acids is 1. The van der Waals surface area contributed by atoms with E-state index in [0.29, 0.717) is 45.7 Å². The first kappa shape index (κ1) is 21.8. The molecule has 31 heavy (non-hydrogen) atoms. The predicted octanol–water partition coefficient (Wildman–Crippen LogP) is 1.49. The molecule has 168 valence electrons. The molecule has 1 aromatic carbocycles. The minimum atomic E-state index is -3.15. The van der Waals surface area contributed by atoms with E-state index in [-0.39, 0.29) is 11.9 Å². The monoisotopic (exact) mass is 446 g/mol. The normalized spacial score (nSPS) is 18.5. The first-order chi connectivity index (χ1) is 14.8. The Labute approximate surface area is 183 Å². The second-order valence-electron chi connectivity index (χ2n) is 8.44. The number of nitrogens with zero attached hydrogens (tertiary/aromatic N) is 5. The van der Waals surface area contributed by atoms with Crippen molar-refractivity contribution in [2.75, 3.05) is 32.4 Å². The van der Waals surface area contributed by atoms with Crippen molar-refractivity contribution in [1.82, 2.24) is 29.3 Å². The molecule has 0 spiro atoms.